The Morgan fingerprint density at radius 2 is 2.19 bits per heavy atom. The van der Waals surface area contributed by atoms with Crippen molar-refractivity contribution in [2.75, 3.05) is 37.5 Å². The van der Waals surface area contributed by atoms with Crippen LogP contribution >= 0.6 is 23.1 Å². The van der Waals surface area contributed by atoms with Crippen molar-refractivity contribution < 1.29 is 0 Å². The third kappa shape index (κ3) is 2.24. The molecule has 0 radical (unpaired) electrons. The van der Waals surface area contributed by atoms with Crippen LogP contribution in [0.25, 0.3) is 10.2 Å². The largest absolute Gasteiger partial charge is 0.372 e. The molecule has 1 atom stereocenters. The Kier molecular flexibility index (Phi) is 3.55. The van der Waals surface area contributed by atoms with E-state index in [2.05, 4.69) is 17.3 Å². The number of fused-ring (bicyclic) bond motifs is 3. The van der Waals surface area contributed by atoms with Crippen molar-refractivity contribution in [1.82, 2.24) is 14.9 Å². The van der Waals surface area contributed by atoms with Crippen LogP contribution in [-0.2, 0) is 12.8 Å². The SMILES string of the molecule is CNc1nc(C2CSCCN2C)nc2sc3c(c12)CCC3. The zero-order valence-corrected chi connectivity index (χ0v) is 14.1. The first-order chi connectivity index (χ1) is 10.3. The molecule has 1 saturated heterocycles. The number of nitrogens with zero attached hydrogens (tertiary/aromatic N) is 3. The van der Waals surface area contributed by atoms with E-state index in [0.29, 0.717) is 6.04 Å². The van der Waals surface area contributed by atoms with Crippen LogP contribution in [0, 0.1) is 0 Å². The second-order valence-corrected chi connectivity index (χ2v) is 8.02. The quantitative estimate of drug-likeness (QED) is 0.921. The Morgan fingerprint density at radius 1 is 1.29 bits per heavy atom. The standard InChI is InChI=1S/C15H20N4S2/c1-16-14-12-9-4-3-5-11(9)21-15(12)18-13(17-14)10-8-20-7-6-19(10)2/h10H,3-8H2,1-2H3,(H,16,17,18). The van der Waals surface area contributed by atoms with Gasteiger partial charge in [-0.15, -0.1) is 11.3 Å². The second kappa shape index (κ2) is 5.41. The number of aromatic nitrogens is 2. The molecule has 2 aliphatic rings. The average molecular weight is 320 g/mol. The highest BCUT2D eigenvalue weighted by Gasteiger charge is 2.27. The van der Waals surface area contributed by atoms with Crippen molar-refractivity contribution in [2.45, 2.75) is 25.3 Å². The normalized spacial score (nSPS) is 22.7. The molecule has 1 aliphatic carbocycles. The van der Waals surface area contributed by atoms with Crippen molar-refractivity contribution in [3.05, 3.63) is 16.3 Å². The lowest BCUT2D eigenvalue weighted by Crippen LogP contribution is -2.33. The zero-order chi connectivity index (χ0) is 14.4. The Hall–Kier alpha value is -0.850. The molecule has 0 amide bonds. The van der Waals surface area contributed by atoms with Gasteiger partial charge in [0.2, 0.25) is 0 Å². The van der Waals surface area contributed by atoms with Gasteiger partial charge in [-0.05, 0) is 31.9 Å². The van der Waals surface area contributed by atoms with Crippen molar-refractivity contribution in [2.24, 2.45) is 0 Å². The maximum Gasteiger partial charge on any atom is 0.150 e. The lowest BCUT2D eigenvalue weighted by Gasteiger charge is -2.31. The molecule has 0 bridgehead atoms. The lowest BCUT2D eigenvalue weighted by molar-refractivity contribution is 0.265. The molecular weight excluding hydrogens is 300 g/mol. The first-order valence-electron chi connectivity index (χ1n) is 7.56. The summed E-state index contributed by atoms with van der Waals surface area (Å²) in [6, 6.07) is 0.345. The Morgan fingerprint density at radius 3 is 3.00 bits per heavy atom. The monoisotopic (exact) mass is 320 g/mol. The van der Waals surface area contributed by atoms with E-state index in [4.69, 9.17) is 9.97 Å². The van der Waals surface area contributed by atoms with Crippen molar-refractivity contribution in [3.63, 3.8) is 0 Å². The summed E-state index contributed by atoms with van der Waals surface area (Å²) < 4.78 is 0. The minimum atomic E-state index is 0.345. The molecule has 0 aromatic carbocycles. The summed E-state index contributed by atoms with van der Waals surface area (Å²) in [6.45, 7) is 1.12. The topological polar surface area (TPSA) is 41.1 Å². The van der Waals surface area contributed by atoms with Gasteiger partial charge in [0, 0.05) is 30.0 Å². The molecule has 4 nitrogen and oxygen atoms in total. The molecule has 2 aromatic rings. The van der Waals surface area contributed by atoms with Gasteiger partial charge in [-0.1, -0.05) is 0 Å². The van der Waals surface area contributed by atoms with Gasteiger partial charge in [-0.2, -0.15) is 11.8 Å². The van der Waals surface area contributed by atoms with Gasteiger partial charge in [0.1, 0.15) is 16.5 Å². The number of rotatable bonds is 2. The van der Waals surface area contributed by atoms with E-state index in [9.17, 15) is 0 Å². The minimum Gasteiger partial charge on any atom is -0.372 e. The summed E-state index contributed by atoms with van der Waals surface area (Å²) in [5, 5.41) is 4.59. The fourth-order valence-corrected chi connectivity index (χ4v) is 5.78. The number of hydrogen-bond acceptors (Lipinski definition) is 6. The summed E-state index contributed by atoms with van der Waals surface area (Å²) in [6.07, 6.45) is 3.68. The second-order valence-electron chi connectivity index (χ2n) is 5.79. The van der Waals surface area contributed by atoms with Crippen LogP contribution in [0.4, 0.5) is 5.82 Å². The molecule has 2 aromatic heterocycles. The Bertz CT molecular complexity index is 682. The molecule has 3 heterocycles. The van der Waals surface area contributed by atoms with E-state index in [-0.39, 0.29) is 0 Å². The molecule has 112 valence electrons. The van der Waals surface area contributed by atoms with Crippen LogP contribution in [0.15, 0.2) is 0 Å². The molecule has 0 spiro atoms. The van der Waals surface area contributed by atoms with E-state index < -0.39 is 0 Å². The van der Waals surface area contributed by atoms with E-state index in [1.807, 2.05) is 30.1 Å². The molecule has 4 rings (SSSR count). The summed E-state index contributed by atoms with van der Waals surface area (Å²) in [5.41, 5.74) is 1.50. The molecule has 1 unspecified atom stereocenters. The highest BCUT2D eigenvalue weighted by molar-refractivity contribution is 7.99. The maximum atomic E-state index is 4.93. The van der Waals surface area contributed by atoms with Gasteiger partial charge in [-0.25, -0.2) is 9.97 Å². The van der Waals surface area contributed by atoms with Crippen molar-refractivity contribution >= 4 is 39.1 Å². The average Bonchev–Trinajstić information content (AvgIpc) is 3.07. The number of aryl methyl sites for hydroxylation is 2. The fourth-order valence-electron chi connectivity index (χ4n) is 3.30. The molecule has 6 heteroatoms. The number of thioether (sulfide) groups is 1. The van der Waals surface area contributed by atoms with Crippen molar-refractivity contribution in [1.29, 1.82) is 0 Å². The van der Waals surface area contributed by atoms with Crippen LogP contribution in [0.2, 0.25) is 0 Å². The van der Waals surface area contributed by atoms with Gasteiger partial charge in [0.05, 0.1) is 11.4 Å². The van der Waals surface area contributed by atoms with Crippen LogP contribution < -0.4 is 5.32 Å². The van der Waals surface area contributed by atoms with Gasteiger partial charge in [0.15, 0.2) is 0 Å². The predicted octanol–water partition coefficient (Wildman–Crippen LogP) is 2.94. The summed E-state index contributed by atoms with van der Waals surface area (Å²) in [4.78, 5) is 14.9. The number of thiophene rings is 1. The maximum absolute atomic E-state index is 4.93. The summed E-state index contributed by atoms with van der Waals surface area (Å²) >= 11 is 3.88. The number of hydrogen-bond donors (Lipinski definition) is 1. The molecule has 1 N–H and O–H groups in total. The van der Waals surface area contributed by atoms with Gasteiger partial charge < -0.3 is 5.32 Å². The highest BCUT2D eigenvalue weighted by Crippen LogP contribution is 2.40. The Labute approximate surface area is 133 Å². The van der Waals surface area contributed by atoms with E-state index >= 15 is 0 Å². The lowest BCUT2D eigenvalue weighted by atomic mass is 10.2. The first kappa shape index (κ1) is 13.8. The Balaban J connectivity index is 1.84. The third-order valence-electron chi connectivity index (χ3n) is 4.51. The third-order valence-corrected chi connectivity index (χ3v) is 6.72. The van der Waals surface area contributed by atoms with Crippen LogP contribution in [0.3, 0.4) is 0 Å². The minimum absolute atomic E-state index is 0.345. The summed E-state index contributed by atoms with van der Waals surface area (Å²) in [7, 11) is 4.16. The van der Waals surface area contributed by atoms with E-state index in [1.165, 1.54) is 45.7 Å². The van der Waals surface area contributed by atoms with Gasteiger partial charge >= 0.3 is 0 Å². The van der Waals surface area contributed by atoms with Gasteiger partial charge in [-0.3, -0.25) is 4.90 Å². The predicted molar refractivity (Wildman–Crippen MR) is 91.7 cm³/mol. The van der Waals surface area contributed by atoms with Crippen LogP contribution in [0.5, 0.6) is 0 Å². The molecule has 0 saturated carbocycles. The molecule has 21 heavy (non-hydrogen) atoms. The smallest absolute Gasteiger partial charge is 0.150 e. The zero-order valence-electron chi connectivity index (χ0n) is 12.5. The van der Waals surface area contributed by atoms with Crippen molar-refractivity contribution in [3.8, 4) is 0 Å². The van der Waals surface area contributed by atoms with Crippen LogP contribution in [-0.4, -0.2) is 47.0 Å². The number of anilines is 1. The van der Waals surface area contributed by atoms with E-state index in [1.54, 1.807) is 0 Å². The molecule has 1 fully saturated rings. The van der Waals surface area contributed by atoms with Crippen LogP contribution in [0.1, 0.15) is 28.7 Å². The first-order valence-corrected chi connectivity index (χ1v) is 9.53. The molecular formula is C15H20N4S2. The van der Waals surface area contributed by atoms with Gasteiger partial charge in [0.25, 0.3) is 0 Å². The highest BCUT2D eigenvalue weighted by atomic mass is 32.2. The van der Waals surface area contributed by atoms with E-state index in [0.717, 1.165) is 23.9 Å². The fraction of sp³-hybridized carbons (Fsp3) is 0.600. The molecule has 1 aliphatic heterocycles. The summed E-state index contributed by atoms with van der Waals surface area (Å²) in [5.74, 6) is 4.32. The number of nitrogens with one attached hydrogen (secondary N) is 1.